The maximum absolute atomic E-state index is 14.1. The summed E-state index contributed by atoms with van der Waals surface area (Å²) in [5.74, 6) is 0.553. The Labute approximate surface area is 218 Å². The molecule has 2 aromatic carbocycles. The number of ether oxygens (including phenoxy) is 1. The molecule has 0 aliphatic carbocycles. The standard InChI is InChI=1S/C27H28ClN5O4/c1-16(2)30-26(35)31-12-10-18(11-13-31)32-24-20-8-5-9-22(37-3)23(20)29-15-21(24)25(34)33(27(32)36)19-7-4-6-17(28)14-19/h4-9,14-16,18H,10-13H2,1-3H3,(H,30,35). The number of aromatic nitrogens is 3. The van der Waals surface area contributed by atoms with Gasteiger partial charge in [0.25, 0.3) is 5.56 Å². The third kappa shape index (κ3) is 4.44. The molecule has 2 aromatic heterocycles. The topological polar surface area (TPSA) is 98.5 Å². The van der Waals surface area contributed by atoms with Crippen LogP contribution in [0.15, 0.2) is 58.3 Å². The van der Waals surface area contributed by atoms with Crippen molar-refractivity contribution in [3.63, 3.8) is 0 Å². The lowest BCUT2D eigenvalue weighted by molar-refractivity contribution is 0.169. The van der Waals surface area contributed by atoms with Gasteiger partial charge < -0.3 is 15.0 Å². The van der Waals surface area contributed by atoms with Crippen molar-refractivity contribution in [1.82, 2.24) is 24.3 Å². The van der Waals surface area contributed by atoms with Gasteiger partial charge in [-0.1, -0.05) is 29.8 Å². The van der Waals surface area contributed by atoms with Crippen molar-refractivity contribution in [3.8, 4) is 11.4 Å². The number of piperidine rings is 1. The summed E-state index contributed by atoms with van der Waals surface area (Å²) in [5, 5.41) is 4.32. The van der Waals surface area contributed by atoms with Crippen LogP contribution in [0.25, 0.3) is 27.5 Å². The van der Waals surface area contributed by atoms with Gasteiger partial charge in [-0.05, 0) is 51.0 Å². The minimum absolute atomic E-state index is 0.0342. The molecule has 0 unspecified atom stereocenters. The Morgan fingerprint density at radius 2 is 1.84 bits per heavy atom. The zero-order valence-corrected chi connectivity index (χ0v) is 21.7. The summed E-state index contributed by atoms with van der Waals surface area (Å²) in [7, 11) is 1.56. The van der Waals surface area contributed by atoms with Crippen LogP contribution in [-0.2, 0) is 0 Å². The summed E-state index contributed by atoms with van der Waals surface area (Å²) in [4.78, 5) is 46.7. The number of urea groups is 1. The summed E-state index contributed by atoms with van der Waals surface area (Å²) in [6.07, 6.45) is 2.62. The number of para-hydroxylation sites is 1. The van der Waals surface area contributed by atoms with Crippen molar-refractivity contribution in [2.45, 2.75) is 38.8 Å². The van der Waals surface area contributed by atoms with Crippen LogP contribution in [-0.4, -0.2) is 51.3 Å². The Bertz CT molecular complexity index is 1620. The van der Waals surface area contributed by atoms with Crippen LogP contribution < -0.4 is 21.3 Å². The molecule has 1 aliphatic rings. The van der Waals surface area contributed by atoms with E-state index in [1.54, 1.807) is 46.9 Å². The summed E-state index contributed by atoms with van der Waals surface area (Å²) in [5.41, 5.74) is 0.545. The third-order valence-corrected chi connectivity index (χ3v) is 6.95. The molecular weight excluding hydrogens is 494 g/mol. The second kappa shape index (κ2) is 9.89. The van der Waals surface area contributed by atoms with Gasteiger partial charge in [-0.3, -0.25) is 14.3 Å². The average Bonchev–Trinajstić information content (AvgIpc) is 2.88. The van der Waals surface area contributed by atoms with Gasteiger partial charge in [0.05, 0.1) is 23.7 Å². The van der Waals surface area contributed by atoms with Crippen molar-refractivity contribution in [2.24, 2.45) is 0 Å². The highest BCUT2D eigenvalue weighted by molar-refractivity contribution is 6.30. The second-order valence-corrected chi connectivity index (χ2v) is 9.91. The molecule has 0 bridgehead atoms. The summed E-state index contributed by atoms with van der Waals surface area (Å²) in [6, 6.07) is 11.8. The molecule has 37 heavy (non-hydrogen) atoms. The lowest BCUT2D eigenvalue weighted by Gasteiger charge is -2.34. The number of carbonyl (C=O) groups is 1. The molecule has 0 saturated carbocycles. The SMILES string of the molecule is COc1cccc2c1ncc1c(=O)n(-c3cccc(Cl)c3)c(=O)n(C3CCN(C(=O)NC(C)C)CC3)c12. The van der Waals surface area contributed by atoms with E-state index in [0.717, 1.165) is 4.57 Å². The van der Waals surface area contributed by atoms with Gasteiger partial charge in [-0.2, -0.15) is 0 Å². The highest BCUT2D eigenvalue weighted by Gasteiger charge is 2.28. The Hall–Kier alpha value is -3.85. The molecule has 1 N–H and O–H groups in total. The van der Waals surface area contributed by atoms with Gasteiger partial charge in [-0.25, -0.2) is 14.2 Å². The molecule has 0 radical (unpaired) electrons. The van der Waals surface area contributed by atoms with Gasteiger partial charge in [0, 0.05) is 41.8 Å². The molecule has 0 atom stereocenters. The lowest BCUT2D eigenvalue weighted by Crippen LogP contribution is -2.48. The molecule has 4 aromatic rings. The molecule has 5 rings (SSSR count). The number of nitrogens with one attached hydrogen (secondary N) is 1. The van der Waals surface area contributed by atoms with Gasteiger partial charge in [0.2, 0.25) is 0 Å². The van der Waals surface area contributed by atoms with Crippen molar-refractivity contribution in [1.29, 1.82) is 0 Å². The monoisotopic (exact) mass is 521 g/mol. The normalized spacial score (nSPS) is 14.5. The van der Waals surface area contributed by atoms with Crippen LogP contribution >= 0.6 is 11.6 Å². The van der Waals surface area contributed by atoms with Crippen LogP contribution in [0.4, 0.5) is 4.79 Å². The van der Waals surface area contributed by atoms with Crippen molar-refractivity contribution in [3.05, 3.63) is 74.5 Å². The predicted octanol–water partition coefficient (Wildman–Crippen LogP) is 4.12. The fourth-order valence-corrected chi connectivity index (χ4v) is 5.20. The lowest BCUT2D eigenvalue weighted by atomic mass is 10.0. The predicted molar refractivity (Wildman–Crippen MR) is 144 cm³/mol. The van der Waals surface area contributed by atoms with E-state index in [9.17, 15) is 14.4 Å². The largest absolute Gasteiger partial charge is 0.494 e. The van der Waals surface area contributed by atoms with Gasteiger partial charge >= 0.3 is 11.7 Å². The maximum atomic E-state index is 14.1. The zero-order chi connectivity index (χ0) is 26.3. The Morgan fingerprint density at radius 3 is 2.51 bits per heavy atom. The molecule has 1 aliphatic heterocycles. The average molecular weight is 522 g/mol. The first-order valence-corrected chi connectivity index (χ1v) is 12.6. The smallest absolute Gasteiger partial charge is 0.336 e. The highest BCUT2D eigenvalue weighted by atomic mass is 35.5. The van der Waals surface area contributed by atoms with E-state index in [-0.39, 0.29) is 18.1 Å². The van der Waals surface area contributed by atoms with Crippen molar-refractivity contribution < 1.29 is 9.53 Å². The first kappa shape index (κ1) is 24.8. The summed E-state index contributed by atoms with van der Waals surface area (Å²) < 4.78 is 8.35. The summed E-state index contributed by atoms with van der Waals surface area (Å²) in [6.45, 7) is 4.81. The fourth-order valence-electron chi connectivity index (χ4n) is 5.02. The molecule has 1 saturated heterocycles. The van der Waals surface area contributed by atoms with Gasteiger partial charge in [-0.15, -0.1) is 0 Å². The van der Waals surface area contributed by atoms with E-state index in [1.165, 1.54) is 6.20 Å². The maximum Gasteiger partial charge on any atom is 0.336 e. The molecule has 192 valence electrons. The number of hydrogen-bond donors (Lipinski definition) is 1. The molecule has 2 amide bonds. The quantitative estimate of drug-likeness (QED) is 0.407. The van der Waals surface area contributed by atoms with E-state index in [1.807, 2.05) is 26.0 Å². The molecule has 3 heterocycles. The fraction of sp³-hybridized carbons (Fsp3) is 0.333. The first-order valence-electron chi connectivity index (χ1n) is 12.2. The first-order chi connectivity index (χ1) is 17.8. The Kier molecular flexibility index (Phi) is 6.64. The number of halogens is 1. The minimum Gasteiger partial charge on any atom is -0.494 e. The van der Waals surface area contributed by atoms with E-state index < -0.39 is 11.2 Å². The number of pyridine rings is 1. The van der Waals surface area contributed by atoms with Gasteiger partial charge in [0.1, 0.15) is 11.3 Å². The molecule has 1 fully saturated rings. The molecule has 0 spiro atoms. The number of nitrogens with zero attached hydrogens (tertiary/aromatic N) is 4. The van der Waals surface area contributed by atoms with E-state index in [2.05, 4.69) is 10.3 Å². The van der Waals surface area contributed by atoms with Gasteiger partial charge in [0.15, 0.2) is 0 Å². The number of fused-ring (bicyclic) bond motifs is 3. The Balaban J connectivity index is 1.74. The number of carbonyl (C=O) groups excluding carboxylic acids is 1. The molecule has 9 nitrogen and oxygen atoms in total. The molecule has 10 heteroatoms. The van der Waals surface area contributed by atoms with Crippen LogP contribution in [0.2, 0.25) is 5.02 Å². The van der Waals surface area contributed by atoms with E-state index in [4.69, 9.17) is 16.3 Å². The van der Waals surface area contributed by atoms with Crippen LogP contribution in [0.1, 0.15) is 32.7 Å². The number of benzene rings is 2. The van der Waals surface area contributed by atoms with E-state index >= 15 is 0 Å². The summed E-state index contributed by atoms with van der Waals surface area (Å²) >= 11 is 6.21. The number of amides is 2. The third-order valence-electron chi connectivity index (χ3n) is 6.72. The number of rotatable bonds is 4. The Morgan fingerprint density at radius 1 is 1.11 bits per heavy atom. The number of likely N-dealkylation sites (tertiary alicyclic amines) is 1. The highest BCUT2D eigenvalue weighted by Crippen LogP contribution is 2.31. The van der Waals surface area contributed by atoms with Crippen molar-refractivity contribution in [2.75, 3.05) is 20.2 Å². The number of hydrogen-bond acceptors (Lipinski definition) is 5. The molecular formula is C27H28ClN5O4. The van der Waals surface area contributed by atoms with E-state index in [0.29, 0.717) is 64.2 Å². The minimum atomic E-state index is -0.468. The van der Waals surface area contributed by atoms with Crippen LogP contribution in [0.3, 0.4) is 0 Å². The van der Waals surface area contributed by atoms with Crippen LogP contribution in [0, 0.1) is 0 Å². The number of methoxy groups -OCH3 is 1. The van der Waals surface area contributed by atoms with Crippen molar-refractivity contribution >= 4 is 39.4 Å². The van der Waals surface area contributed by atoms with Crippen LogP contribution in [0.5, 0.6) is 5.75 Å². The zero-order valence-electron chi connectivity index (χ0n) is 20.9. The second-order valence-electron chi connectivity index (χ2n) is 9.47.